The van der Waals surface area contributed by atoms with Crippen LogP contribution < -0.4 is 15.5 Å². The van der Waals surface area contributed by atoms with Crippen LogP contribution in [0.15, 0.2) is 54.7 Å². The van der Waals surface area contributed by atoms with Crippen LogP contribution in [0, 0.1) is 0 Å². The van der Waals surface area contributed by atoms with E-state index in [4.69, 9.17) is 11.6 Å². The quantitative estimate of drug-likeness (QED) is 0.777. The third-order valence-corrected chi connectivity index (χ3v) is 3.83. The number of carbonyl (C=O) groups is 1. The molecule has 0 heterocycles. The molecule has 0 atom stereocenters. The normalized spacial score (nSPS) is 10.6. The predicted octanol–water partition coefficient (Wildman–Crippen LogP) is 4.98. The maximum atomic E-state index is 11.9. The number of halogens is 1. The van der Waals surface area contributed by atoms with Crippen LogP contribution in [0.4, 0.5) is 16.2 Å². The second-order valence-electron chi connectivity index (χ2n) is 5.21. The lowest BCUT2D eigenvalue weighted by molar-refractivity contribution is 0.255. The Balaban J connectivity index is 1.88. The van der Waals surface area contributed by atoms with E-state index in [9.17, 15) is 4.79 Å². The van der Waals surface area contributed by atoms with Gasteiger partial charge in [0.15, 0.2) is 0 Å². The van der Waals surface area contributed by atoms with Crippen LogP contribution in [0.5, 0.6) is 0 Å². The number of carbonyl (C=O) groups excluding carboxylic acids is 1. The number of benzene rings is 2. The second kappa shape index (κ2) is 8.99. The number of rotatable bonds is 6. The van der Waals surface area contributed by atoms with Crippen molar-refractivity contribution in [3.05, 3.63) is 65.3 Å². The fraction of sp³-hybridized carbons (Fsp3) is 0.211. The maximum Gasteiger partial charge on any atom is 0.323 e. The van der Waals surface area contributed by atoms with Crippen molar-refractivity contribution in [2.75, 3.05) is 23.3 Å². The first-order valence-corrected chi connectivity index (χ1v) is 8.34. The van der Waals surface area contributed by atoms with Crippen LogP contribution >= 0.6 is 11.6 Å². The summed E-state index contributed by atoms with van der Waals surface area (Å²) in [6.45, 7) is 6.15. The molecule has 0 unspecified atom stereocenters. The minimum atomic E-state index is -0.288. The average molecular weight is 344 g/mol. The first kappa shape index (κ1) is 17.9. The molecule has 0 aliphatic heterocycles. The molecule has 0 aliphatic carbocycles. The Bertz CT molecular complexity index is 694. The van der Waals surface area contributed by atoms with Crippen molar-refractivity contribution in [2.45, 2.75) is 13.8 Å². The Hall–Kier alpha value is -2.46. The van der Waals surface area contributed by atoms with E-state index in [-0.39, 0.29) is 6.03 Å². The van der Waals surface area contributed by atoms with Crippen molar-refractivity contribution in [2.24, 2.45) is 0 Å². The van der Waals surface area contributed by atoms with Crippen LogP contribution in [0.1, 0.15) is 19.4 Å². The van der Waals surface area contributed by atoms with Gasteiger partial charge in [-0.3, -0.25) is 0 Å². The van der Waals surface area contributed by atoms with Gasteiger partial charge in [-0.25, -0.2) is 4.79 Å². The van der Waals surface area contributed by atoms with Gasteiger partial charge in [-0.2, -0.15) is 0 Å². The van der Waals surface area contributed by atoms with Gasteiger partial charge in [-0.1, -0.05) is 23.7 Å². The summed E-state index contributed by atoms with van der Waals surface area (Å²) in [7, 11) is 0. The highest BCUT2D eigenvalue weighted by molar-refractivity contribution is 6.30. The summed E-state index contributed by atoms with van der Waals surface area (Å²) < 4.78 is 0. The standard InChI is InChI=1S/C19H22ClN3O/c1-3-23(4-2)18-10-8-17(9-11-18)22-19(24)21-13-12-15-6-5-7-16(20)14-15/h5-14H,3-4H2,1-2H3,(H2,21,22,24)/b13-12+. The van der Waals surface area contributed by atoms with Gasteiger partial charge < -0.3 is 15.5 Å². The van der Waals surface area contributed by atoms with Gasteiger partial charge in [0.2, 0.25) is 0 Å². The fourth-order valence-corrected chi connectivity index (χ4v) is 2.53. The van der Waals surface area contributed by atoms with E-state index in [1.54, 1.807) is 18.3 Å². The zero-order chi connectivity index (χ0) is 17.4. The molecule has 0 saturated heterocycles. The Morgan fingerprint density at radius 2 is 1.83 bits per heavy atom. The minimum absolute atomic E-state index is 0.288. The summed E-state index contributed by atoms with van der Waals surface area (Å²) in [5, 5.41) is 6.13. The molecule has 0 fully saturated rings. The van der Waals surface area contributed by atoms with Crippen molar-refractivity contribution in [1.29, 1.82) is 0 Å². The molecular formula is C19H22ClN3O. The molecule has 5 heteroatoms. The second-order valence-corrected chi connectivity index (χ2v) is 5.64. The summed E-state index contributed by atoms with van der Waals surface area (Å²) in [5.74, 6) is 0. The van der Waals surface area contributed by atoms with Gasteiger partial charge in [-0.15, -0.1) is 0 Å². The molecule has 0 aromatic heterocycles. The number of nitrogens with zero attached hydrogens (tertiary/aromatic N) is 1. The highest BCUT2D eigenvalue weighted by Crippen LogP contribution is 2.17. The van der Waals surface area contributed by atoms with Crippen LogP contribution in [0.3, 0.4) is 0 Å². The van der Waals surface area contributed by atoms with Crippen molar-refractivity contribution in [3.8, 4) is 0 Å². The zero-order valence-corrected chi connectivity index (χ0v) is 14.7. The molecule has 0 radical (unpaired) electrons. The molecule has 2 aromatic carbocycles. The van der Waals surface area contributed by atoms with E-state index in [0.29, 0.717) is 5.02 Å². The first-order chi connectivity index (χ1) is 11.6. The molecule has 24 heavy (non-hydrogen) atoms. The van der Waals surface area contributed by atoms with Crippen LogP contribution in [0.25, 0.3) is 6.08 Å². The number of anilines is 2. The van der Waals surface area contributed by atoms with Crippen LogP contribution in [-0.2, 0) is 0 Å². The van der Waals surface area contributed by atoms with Gasteiger partial charge in [-0.05, 0) is 61.9 Å². The topological polar surface area (TPSA) is 44.4 Å². The Kier molecular flexibility index (Phi) is 6.70. The molecule has 2 amide bonds. The van der Waals surface area contributed by atoms with Crippen molar-refractivity contribution in [1.82, 2.24) is 5.32 Å². The van der Waals surface area contributed by atoms with Gasteiger partial charge in [0.05, 0.1) is 0 Å². The monoisotopic (exact) mass is 343 g/mol. The highest BCUT2D eigenvalue weighted by Gasteiger charge is 2.03. The Labute approximate surface area is 148 Å². The number of hydrogen-bond acceptors (Lipinski definition) is 2. The third kappa shape index (κ3) is 5.32. The lowest BCUT2D eigenvalue weighted by Crippen LogP contribution is -2.24. The Morgan fingerprint density at radius 3 is 2.46 bits per heavy atom. The SMILES string of the molecule is CCN(CC)c1ccc(NC(=O)N/C=C/c2cccc(Cl)c2)cc1. The van der Waals surface area contributed by atoms with E-state index in [1.165, 1.54) is 0 Å². The maximum absolute atomic E-state index is 11.9. The largest absolute Gasteiger partial charge is 0.372 e. The highest BCUT2D eigenvalue weighted by atomic mass is 35.5. The molecular weight excluding hydrogens is 322 g/mol. The zero-order valence-electron chi connectivity index (χ0n) is 13.9. The predicted molar refractivity (Wildman–Crippen MR) is 103 cm³/mol. The number of urea groups is 1. The molecule has 126 valence electrons. The number of hydrogen-bond donors (Lipinski definition) is 2. The summed E-state index contributed by atoms with van der Waals surface area (Å²) >= 11 is 5.91. The molecule has 0 spiro atoms. The average Bonchev–Trinajstić information content (AvgIpc) is 2.57. The van der Waals surface area contributed by atoms with Crippen molar-refractivity contribution < 1.29 is 4.79 Å². The van der Waals surface area contributed by atoms with E-state index in [2.05, 4.69) is 29.4 Å². The molecule has 0 bridgehead atoms. The molecule has 0 aliphatic rings. The summed E-state index contributed by atoms with van der Waals surface area (Å²) in [6, 6.07) is 14.9. The summed E-state index contributed by atoms with van der Waals surface area (Å²) in [6.07, 6.45) is 3.38. The van der Waals surface area contributed by atoms with E-state index < -0.39 is 0 Å². The lowest BCUT2D eigenvalue weighted by atomic mass is 10.2. The smallest absolute Gasteiger partial charge is 0.323 e. The van der Waals surface area contributed by atoms with Gasteiger partial charge in [0, 0.05) is 35.7 Å². The van der Waals surface area contributed by atoms with Crippen molar-refractivity contribution in [3.63, 3.8) is 0 Å². The number of nitrogens with one attached hydrogen (secondary N) is 2. The first-order valence-electron chi connectivity index (χ1n) is 7.97. The summed E-state index contributed by atoms with van der Waals surface area (Å²) in [5.41, 5.74) is 2.82. The van der Waals surface area contributed by atoms with Gasteiger partial charge >= 0.3 is 6.03 Å². The van der Waals surface area contributed by atoms with E-state index in [0.717, 1.165) is 30.0 Å². The van der Waals surface area contributed by atoms with E-state index >= 15 is 0 Å². The van der Waals surface area contributed by atoms with Gasteiger partial charge in [0.1, 0.15) is 0 Å². The molecule has 2 N–H and O–H groups in total. The third-order valence-electron chi connectivity index (χ3n) is 3.59. The van der Waals surface area contributed by atoms with E-state index in [1.807, 2.05) is 42.5 Å². The molecule has 0 saturated carbocycles. The summed E-state index contributed by atoms with van der Waals surface area (Å²) in [4.78, 5) is 14.1. The molecule has 4 nitrogen and oxygen atoms in total. The van der Waals surface area contributed by atoms with Crippen molar-refractivity contribution >= 4 is 35.1 Å². The Morgan fingerprint density at radius 1 is 1.12 bits per heavy atom. The van der Waals surface area contributed by atoms with Crippen LogP contribution in [0.2, 0.25) is 5.02 Å². The fourth-order valence-electron chi connectivity index (χ4n) is 2.34. The minimum Gasteiger partial charge on any atom is -0.372 e. The van der Waals surface area contributed by atoms with Crippen LogP contribution in [-0.4, -0.2) is 19.1 Å². The van der Waals surface area contributed by atoms with Gasteiger partial charge in [0.25, 0.3) is 0 Å². The lowest BCUT2D eigenvalue weighted by Gasteiger charge is -2.21. The molecule has 2 aromatic rings. The number of amides is 2. The molecule has 2 rings (SSSR count).